The van der Waals surface area contributed by atoms with Crippen molar-refractivity contribution in [2.24, 2.45) is 7.05 Å². The van der Waals surface area contributed by atoms with Gasteiger partial charge in [0.15, 0.2) is 11.0 Å². The Morgan fingerprint density at radius 1 is 1.14 bits per heavy atom. The van der Waals surface area contributed by atoms with Crippen molar-refractivity contribution < 1.29 is 0 Å². The molecule has 112 valence electrons. The lowest BCUT2D eigenvalue weighted by atomic mass is 10.1. The van der Waals surface area contributed by atoms with Crippen LogP contribution in [-0.4, -0.2) is 19.7 Å². The van der Waals surface area contributed by atoms with E-state index in [0.29, 0.717) is 0 Å². The first-order chi connectivity index (χ1) is 10.6. The zero-order valence-electron chi connectivity index (χ0n) is 12.9. The summed E-state index contributed by atoms with van der Waals surface area (Å²) in [5.74, 6) is 1.74. The number of hydrogen-bond donors (Lipinski definition) is 0. The van der Waals surface area contributed by atoms with Gasteiger partial charge >= 0.3 is 0 Å². The number of pyridine rings is 1. The van der Waals surface area contributed by atoms with E-state index in [4.69, 9.17) is 0 Å². The molecule has 2 aromatic heterocycles. The van der Waals surface area contributed by atoms with Crippen LogP contribution in [0.4, 0.5) is 0 Å². The van der Waals surface area contributed by atoms with Crippen molar-refractivity contribution in [3.63, 3.8) is 0 Å². The second kappa shape index (κ2) is 6.32. The van der Waals surface area contributed by atoms with Gasteiger partial charge in [0.25, 0.3) is 0 Å². The fraction of sp³-hybridized carbons (Fsp3) is 0.235. The van der Waals surface area contributed by atoms with Gasteiger partial charge in [-0.2, -0.15) is 0 Å². The van der Waals surface area contributed by atoms with Crippen LogP contribution in [0.2, 0.25) is 0 Å². The minimum absolute atomic E-state index is 0.844. The molecule has 4 nitrogen and oxygen atoms in total. The third-order valence-corrected chi connectivity index (χ3v) is 4.69. The van der Waals surface area contributed by atoms with Crippen molar-refractivity contribution in [3.05, 3.63) is 59.4 Å². The van der Waals surface area contributed by atoms with Crippen LogP contribution >= 0.6 is 11.8 Å². The van der Waals surface area contributed by atoms with E-state index in [1.165, 1.54) is 16.7 Å². The van der Waals surface area contributed by atoms with E-state index in [1.54, 1.807) is 18.0 Å². The van der Waals surface area contributed by atoms with E-state index in [9.17, 15) is 0 Å². The molecule has 0 fully saturated rings. The van der Waals surface area contributed by atoms with Gasteiger partial charge in [-0.3, -0.25) is 4.98 Å². The maximum absolute atomic E-state index is 4.31. The van der Waals surface area contributed by atoms with Crippen LogP contribution < -0.4 is 0 Å². The summed E-state index contributed by atoms with van der Waals surface area (Å²) in [7, 11) is 1.99. The van der Waals surface area contributed by atoms with Gasteiger partial charge in [-0.1, -0.05) is 35.5 Å². The first-order valence-electron chi connectivity index (χ1n) is 7.14. The Hall–Kier alpha value is -2.14. The highest BCUT2D eigenvalue weighted by Gasteiger charge is 2.11. The molecular formula is C17H18N4S. The predicted octanol–water partition coefficient (Wildman–Crippen LogP) is 3.79. The summed E-state index contributed by atoms with van der Waals surface area (Å²) in [6.07, 6.45) is 3.57. The summed E-state index contributed by atoms with van der Waals surface area (Å²) in [4.78, 5) is 4.14. The van der Waals surface area contributed by atoms with Crippen molar-refractivity contribution in [2.75, 3.05) is 0 Å². The standard InChI is InChI=1S/C17H18N4S/c1-12-6-7-13(2)15(9-12)11-22-17-20-19-16(21(17)3)14-5-4-8-18-10-14/h4-10H,11H2,1-3H3. The molecule has 0 unspecified atom stereocenters. The van der Waals surface area contributed by atoms with E-state index in [2.05, 4.69) is 47.2 Å². The van der Waals surface area contributed by atoms with Crippen LogP contribution in [0, 0.1) is 13.8 Å². The summed E-state index contributed by atoms with van der Waals surface area (Å²) in [5.41, 5.74) is 4.93. The smallest absolute Gasteiger partial charge is 0.191 e. The fourth-order valence-electron chi connectivity index (χ4n) is 2.29. The van der Waals surface area contributed by atoms with Gasteiger partial charge in [0.1, 0.15) is 0 Å². The molecule has 22 heavy (non-hydrogen) atoms. The van der Waals surface area contributed by atoms with Crippen molar-refractivity contribution >= 4 is 11.8 Å². The maximum Gasteiger partial charge on any atom is 0.191 e. The third kappa shape index (κ3) is 3.04. The van der Waals surface area contributed by atoms with Crippen molar-refractivity contribution in [1.29, 1.82) is 0 Å². The summed E-state index contributed by atoms with van der Waals surface area (Å²) < 4.78 is 2.02. The number of thioether (sulfide) groups is 1. The molecule has 5 heteroatoms. The first kappa shape index (κ1) is 14.8. The molecule has 1 aromatic carbocycles. The maximum atomic E-state index is 4.31. The quantitative estimate of drug-likeness (QED) is 0.688. The molecule has 0 atom stereocenters. The Balaban J connectivity index is 1.80. The average molecular weight is 310 g/mol. The van der Waals surface area contributed by atoms with Gasteiger partial charge < -0.3 is 4.57 Å². The average Bonchev–Trinajstić information content (AvgIpc) is 2.90. The molecule has 3 rings (SSSR count). The van der Waals surface area contributed by atoms with E-state index in [0.717, 1.165) is 22.3 Å². The van der Waals surface area contributed by atoms with Gasteiger partial charge in [0.2, 0.25) is 0 Å². The first-order valence-corrected chi connectivity index (χ1v) is 8.12. The summed E-state index contributed by atoms with van der Waals surface area (Å²) >= 11 is 1.71. The highest BCUT2D eigenvalue weighted by atomic mass is 32.2. The van der Waals surface area contributed by atoms with Crippen LogP contribution in [0.3, 0.4) is 0 Å². The minimum atomic E-state index is 0.844. The third-order valence-electron chi connectivity index (χ3n) is 3.62. The minimum Gasteiger partial charge on any atom is -0.305 e. The Morgan fingerprint density at radius 3 is 2.77 bits per heavy atom. The molecule has 0 saturated carbocycles. The lowest BCUT2D eigenvalue weighted by Crippen LogP contribution is -1.96. The Morgan fingerprint density at radius 2 is 2.00 bits per heavy atom. The zero-order valence-corrected chi connectivity index (χ0v) is 13.8. The number of benzene rings is 1. The normalized spacial score (nSPS) is 10.9. The molecule has 0 N–H and O–H groups in total. The number of rotatable bonds is 4. The van der Waals surface area contributed by atoms with Gasteiger partial charge in [0.05, 0.1) is 0 Å². The Kier molecular flexibility index (Phi) is 4.24. The molecule has 0 aliphatic heterocycles. The SMILES string of the molecule is Cc1ccc(C)c(CSc2nnc(-c3cccnc3)n2C)c1. The van der Waals surface area contributed by atoms with Crippen LogP contribution in [0.25, 0.3) is 11.4 Å². The number of nitrogens with zero attached hydrogens (tertiary/aromatic N) is 4. The molecule has 0 saturated heterocycles. The van der Waals surface area contributed by atoms with Gasteiger partial charge in [-0.05, 0) is 37.1 Å². The lowest BCUT2D eigenvalue weighted by molar-refractivity contribution is 0.793. The summed E-state index contributed by atoms with van der Waals surface area (Å²) in [6.45, 7) is 4.27. The number of aryl methyl sites for hydroxylation is 2. The molecule has 0 bridgehead atoms. The molecule has 0 spiro atoms. The Labute approximate surface area is 134 Å². The molecular weight excluding hydrogens is 292 g/mol. The topological polar surface area (TPSA) is 43.6 Å². The van der Waals surface area contributed by atoms with E-state index >= 15 is 0 Å². The zero-order chi connectivity index (χ0) is 15.5. The molecule has 3 aromatic rings. The summed E-state index contributed by atoms with van der Waals surface area (Å²) in [5, 5.41) is 9.51. The van der Waals surface area contributed by atoms with E-state index < -0.39 is 0 Å². The van der Waals surface area contributed by atoms with Crippen LogP contribution in [0.5, 0.6) is 0 Å². The Bertz CT molecular complexity index is 781. The van der Waals surface area contributed by atoms with Crippen molar-refractivity contribution in [2.45, 2.75) is 24.8 Å². The second-order valence-corrected chi connectivity index (χ2v) is 6.27. The molecule has 0 aliphatic carbocycles. The van der Waals surface area contributed by atoms with Crippen LogP contribution in [-0.2, 0) is 12.8 Å². The molecule has 0 amide bonds. The lowest BCUT2D eigenvalue weighted by Gasteiger charge is -2.07. The van der Waals surface area contributed by atoms with Crippen LogP contribution in [0.1, 0.15) is 16.7 Å². The van der Waals surface area contributed by atoms with E-state index in [1.807, 2.05) is 29.9 Å². The largest absolute Gasteiger partial charge is 0.305 e. The van der Waals surface area contributed by atoms with Crippen LogP contribution in [0.15, 0.2) is 47.9 Å². The van der Waals surface area contributed by atoms with Gasteiger partial charge in [-0.15, -0.1) is 10.2 Å². The highest BCUT2D eigenvalue weighted by Crippen LogP contribution is 2.26. The van der Waals surface area contributed by atoms with Gasteiger partial charge in [0, 0.05) is 30.8 Å². The van der Waals surface area contributed by atoms with E-state index in [-0.39, 0.29) is 0 Å². The summed E-state index contributed by atoms with van der Waals surface area (Å²) in [6, 6.07) is 10.5. The monoisotopic (exact) mass is 310 g/mol. The molecule has 0 radical (unpaired) electrons. The van der Waals surface area contributed by atoms with Gasteiger partial charge in [-0.25, -0.2) is 0 Å². The second-order valence-electron chi connectivity index (χ2n) is 5.33. The fourth-order valence-corrected chi connectivity index (χ4v) is 3.26. The molecule has 0 aliphatic rings. The van der Waals surface area contributed by atoms with Crippen molar-refractivity contribution in [3.8, 4) is 11.4 Å². The number of aromatic nitrogens is 4. The van der Waals surface area contributed by atoms with Crippen molar-refractivity contribution in [1.82, 2.24) is 19.7 Å². The number of hydrogen-bond acceptors (Lipinski definition) is 4. The highest BCUT2D eigenvalue weighted by molar-refractivity contribution is 7.98. The predicted molar refractivity (Wildman–Crippen MR) is 89.7 cm³/mol. The molecule has 2 heterocycles.